The molecule has 31 atom stereocenters. The quantitative estimate of drug-likeness (QED) is 0.0602. The predicted molar refractivity (Wildman–Crippen MR) is 287 cm³/mol. The molecule has 0 radical (unpaired) electrons. The van der Waals surface area contributed by atoms with Crippen molar-refractivity contribution in [3.05, 3.63) is 58.7 Å². The zero-order chi connectivity index (χ0) is 63.5. The van der Waals surface area contributed by atoms with Gasteiger partial charge in [0.2, 0.25) is 0 Å². The van der Waals surface area contributed by atoms with Gasteiger partial charge in [0.05, 0.1) is 39.6 Å². The molecule has 498 valence electrons. The number of allylic oxidation sites excluding steroid dienone is 9. The van der Waals surface area contributed by atoms with Crippen LogP contribution in [0.1, 0.15) is 53.9 Å². The van der Waals surface area contributed by atoms with Crippen molar-refractivity contribution in [3.63, 3.8) is 0 Å². The zero-order valence-electron chi connectivity index (χ0n) is 48.6. The number of rotatable bonds is 13. The van der Waals surface area contributed by atoms with Gasteiger partial charge in [-0.1, -0.05) is 60.9 Å². The second kappa shape index (κ2) is 30.5. The summed E-state index contributed by atoms with van der Waals surface area (Å²) in [5.74, 6) is 0. The lowest BCUT2D eigenvalue weighted by Gasteiger charge is -2.50. The summed E-state index contributed by atoms with van der Waals surface area (Å²) in [6, 6.07) is 0. The first kappa shape index (κ1) is 70.3. The molecule has 12 bridgehead atoms. The van der Waals surface area contributed by atoms with Crippen molar-refractivity contribution in [2.45, 2.75) is 244 Å². The smallest absolute Gasteiger partial charge is 0.187 e. The normalized spacial score (nSPS) is 47.6. The van der Waals surface area contributed by atoms with Crippen molar-refractivity contribution >= 4 is 0 Å². The Morgan fingerprint density at radius 1 is 0.448 bits per heavy atom. The fraction of sp³-hybridized carbons (Fsp3) is 0.821. The van der Waals surface area contributed by atoms with Gasteiger partial charge in [-0.25, -0.2) is 0 Å². The Balaban J connectivity index is 1.07. The maximum Gasteiger partial charge on any atom is 0.187 e. The van der Waals surface area contributed by atoms with Crippen molar-refractivity contribution in [1.82, 2.24) is 0 Å². The van der Waals surface area contributed by atoms with Crippen LogP contribution < -0.4 is 0 Å². The molecule has 1 aliphatic carbocycles. The van der Waals surface area contributed by atoms with Gasteiger partial charge < -0.3 is 153 Å². The van der Waals surface area contributed by atoms with Crippen LogP contribution in [0, 0.1) is 5.41 Å². The highest BCUT2D eigenvalue weighted by molar-refractivity contribution is 5.37. The van der Waals surface area contributed by atoms with Crippen LogP contribution >= 0.6 is 0 Å². The Kier molecular flexibility index (Phi) is 24.6. The van der Waals surface area contributed by atoms with Crippen molar-refractivity contribution in [3.8, 4) is 0 Å². The van der Waals surface area contributed by atoms with E-state index in [2.05, 4.69) is 26.8 Å². The predicted octanol–water partition coefficient (Wildman–Crippen LogP) is -7.18. The molecule has 0 aromatic rings. The molecule has 22 aliphatic heterocycles. The van der Waals surface area contributed by atoms with Crippen molar-refractivity contribution in [2.24, 2.45) is 5.41 Å². The van der Waals surface area contributed by atoms with E-state index in [0.29, 0.717) is 5.57 Å². The molecule has 31 nitrogen and oxygen atoms in total. The molecule has 23 aliphatic rings. The van der Waals surface area contributed by atoms with Crippen LogP contribution in [0.3, 0.4) is 0 Å². The number of aliphatic hydroxyl groups is 18. The first-order valence-corrected chi connectivity index (χ1v) is 29.1. The fourth-order valence-electron chi connectivity index (χ4n) is 12.1. The lowest BCUT2D eigenvalue weighted by Crippen LogP contribution is -2.69. The molecule has 30 unspecified atom stereocenters. The second-order valence-electron chi connectivity index (χ2n) is 23.8. The monoisotopic (exact) mass is 1260 g/mol. The summed E-state index contributed by atoms with van der Waals surface area (Å²) < 4.78 is 75.6. The highest BCUT2D eigenvalue weighted by atomic mass is 16.8. The molecule has 0 aromatic heterocycles. The van der Waals surface area contributed by atoms with Gasteiger partial charge in [0, 0.05) is 0 Å². The number of ether oxygens (including phenoxy) is 13. The van der Waals surface area contributed by atoms with E-state index in [0.717, 1.165) is 24.8 Å². The highest BCUT2D eigenvalue weighted by Crippen LogP contribution is 2.42. The van der Waals surface area contributed by atoms with Crippen LogP contribution in [0.15, 0.2) is 58.7 Å². The third kappa shape index (κ3) is 15.6. The summed E-state index contributed by atoms with van der Waals surface area (Å²) in [4.78, 5) is 0. The molecule has 22 saturated heterocycles. The Morgan fingerprint density at radius 3 is 1.05 bits per heavy atom. The van der Waals surface area contributed by atoms with Gasteiger partial charge in [-0.05, 0) is 57.1 Å². The number of aliphatic hydroxyl groups excluding tert-OH is 18. The first-order chi connectivity index (χ1) is 41.3. The van der Waals surface area contributed by atoms with Crippen molar-refractivity contribution < 1.29 is 153 Å². The molecule has 0 saturated carbocycles. The molecule has 23 rings (SSSR count). The lowest BCUT2D eigenvalue weighted by molar-refractivity contribution is -0.404. The molecule has 31 heteroatoms. The van der Waals surface area contributed by atoms with Crippen molar-refractivity contribution in [2.75, 3.05) is 39.6 Å². The van der Waals surface area contributed by atoms with Crippen LogP contribution in [0.2, 0.25) is 0 Å². The summed E-state index contributed by atoms with van der Waals surface area (Å²) in [5.41, 5.74) is 4.16. The largest absolute Gasteiger partial charge is 0.394 e. The van der Waals surface area contributed by atoms with Crippen LogP contribution in [0.5, 0.6) is 0 Å². The maximum atomic E-state index is 11.8. The first-order valence-electron chi connectivity index (χ1n) is 29.1. The summed E-state index contributed by atoms with van der Waals surface area (Å²) in [7, 11) is 0. The van der Waals surface area contributed by atoms with E-state index < -0.39 is 230 Å². The Hall–Kier alpha value is -2.54. The third-order valence-electron chi connectivity index (χ3n) is 17.1. The molecule has 0 amide bonds. The molecule has 0 aromatic carbocycles. The minimum Gasteiger partial charge on any atom is -0.394 e. The summed E-state index contributed by atoms with van der Waals surface area (Å²) in [5, 5.41) is 201. The average molecular weight is 1260 g/mol. The SMILES string of the molecule is CC1=C(/C=C/C(C)=C/C=C/C(C)=C/[C@@H](O)OCC2OC3OC4C(CO)OC(OC5C(CO)OC(OC6C(CO)OC(OC7C(CO)OC(OC8C(CO)OC(OC2C(O)C3O)C(O)C8O)C(O)C7O)C(O)C6O)C(O)C5O)C(O)C4O)C(C)(C)CCC1. The Bertz CT molecular complexity index is 2340. The van der Waals surface area contributed by atoms with E-state index in [-0.39, 0.29) is 5.41 Å². The number of hydrogen-bond acceptors (Lipinski definition) is 31. The topological polar surface area (TPSA) is 484 Å². The van der Waals surface area contributed by atoms with E-state index in [1.54, 1.807) is 19.1 Å². The molecular formula is C56H88O31. The van der Waals surface area contributed by atoms with Gasteiger partial charge in [-0.15, -0.1) is 0 Å². The molecular weight excluding hydrogens is 1170 g/mol. The molecule has 87 heavy (non-hydrogen) atoms. The molecule has 22 heterocycles. The Morgan fingerprint density at radius 2 is 0.747 bits per heavy atom. The van der Waals surface area contributed by atoms with Gasteiger partial charge in [0.15, 0.2) is 44.0 Å². The van der Waals surface area contributed by atoms with E-state index in [9.17, 15) is 91.9 Å². The minimum absolute atomic E-state index is 0.0501. The zero-order valence-corrected chi connectivity index (χ0v) is 48.6. The van der Waals surface area contributed by atoms with Crippen LogP contribution in [-0.4, -0.2) is 322 Å². The Labute approximate surface area is 500 Å². The van der Waals surface area contributed by atoms with Gasteiger partial charge in [-0.3, -0.25) is 0 Å². The van der Waals surface area contributed by atoms with Crippen LogP contribution in [-0.2, 0) is 61.6 Å². The van der Waals surface area contributed by atoms with E-state index in [1.165, 1.54) is 17.2 Å². The van der Waals surface area contributed by atoms with Gasteiger partial charge >= 0.3 is 0 Å². The average Bonchev–Trinajstić information content (AvgIpc) is 1.05. The molecule has 22 fully saturated rings. The summed E-state index contributed by atoms with van der Waals surface area (Å²) in [6.45, 7) is 4.36. The van der Waals surface area contributed by atoms with E-state index in [1.807, 2.05) is 19.1 Å². The molecule has 18 N–H and O–H groups in total. The van der Waals surface area contributed by atoms with E-state index in [4.69, 9.17) is 61.6 Å². The third-order valence-corrected chi connectivity index (χ3v) is 17.1. The maximum absolute atomic E-state index is 11.8. The minimum atomic E-state index is -2.21. The summed E-state index contributed by atoms with van der Waals surface area (Å²) >= 11 is 0. The number of hydrogen-bond donors (Lipinski definition) is 18. The van der Waals surface area contributed by atoms with Gasteiger partial charge in [0.1, 0.15) is 146 Å². The standard InChI is InChI=1S/C56H88O31/c1-21(11-12-24-23(3)10-7-13-56(24,4)5)8-6-9-22(2)14-31(62)75-20-30-49-37(68)43(74)55(81-30)86-48-29(19-61)79-53(41(72)35(48)66)84-46-27(17-59)77-51(39(70)33(46)64)82-44-25(15-57)76-50(38(69)32(44)63)83-45-26(16-58)78-52(40(71)34(45)65)85-47-28(18-60)80-54(87-49)42(73)36(47)67/h6,8-9,11-12,14,25-55,57-74H,7,10,13,15-20H2,1-5H3/b9-6+,12-11+,21-8+,22-14+/t25?,26?,27?,28?,29?,30?,31-,32?,33?,34?,35?,36?,37?,38?,39?,40?,41?,42?,43?,44?,45?,46?,47?,48?,49?,50?,51?,52?,53?,54?,55?/m0/s1. The highest BCUT2D eigenvalue weighted by Gasteiger charge is 2.59. The van der Waals surface area contributed by atoms with Crippen LogP contribution in [0.25, 0.3) is 0 Å². The van der Waals surface area contributed by atoms with E-state index >= 15 is 0 Å². The lowest BCUT2D eigenvalue weighted by atomic mass is 9.72. The van der Waals surface area contributed by atoms with Crippen molar-refractivity contribution in [1.29, 1.82) is 0 Å². The summed E-state index contributed by atoms with van der Waals surface area (Å²) in [6.07, 6.45) is -47.3. The second-order valence-corrected chi connectivity index (χ2v) is 23.8. The van der Waals surface area contributed by atoms with Gasteiger partial charge in [-0.2, -0.15) is 0 Å². The fourth-order valence-corrected chi connectivity index (χ4v) is 12.1. The van der Waals surface area contributed by atoms with Crippen LogP contribution in [0.4, 0.5) is 0 Å². The van der Waals surface area contributed by atoms with Gasteiger partial charge in [0.25, 0.3) is 0 Å². The molecule has 0 spiro atoms.